The van der Waals surface area contributed by atoms with Crippen LogP contribution in [0.1, 0.15) is 57.8 Å². The number of hydrogen-bond donors (Lipinski definition) is 2. The number of likely N-dealkylation sites (tertiary alicyclic amines) is 1. The predicted molar refractivity (Wildman–Crippen MR) is 81.0 cm³/mol. The van der Waals surface area contributed by atoms with Crippen molar-refractivity contribution in [3.63, 3.8) is 0 Å². The third kappa shape index (κ3) is 5.30. The molecule has 0 spiro atoms. The summed E-state index contributed by atoms with van der Waals surface area (Å²) < 4.78 is 0. The summed E-state index contributed by atoms with van der Waals surface area (Å²) in [5.41, 5.74) is 0. The number of carbonyl (C=O) groups excluding carboxylic acids is 1. The van der Waals surface area contributed by atoms with E-state index in [0.717, 1.165) is 0 Å². The molecular formula is C16H28N2O3. The molecular weight excluding hydrogens is 268 g/mol. The third-order valence-corrected chi connectivity index (χ3v) is 4.84. The molecule has 0 aromatic heterocycles. The van der Waals surface area contributed by atoms with Gasteiger partial charge in [-0.1, -0.05) is 32.1 Å². The van der Waals surface area contributed by atoms with Crippen LogP contribution in [-0.2, 0) is 9.59 Å². The summed E-state index contributed by atoms with van der Waals surface area (Å²) >= 11 is 0. The Labute approximate surface area is 127 Å². The van der Waals surface area contributed by atoms with Gasteiger partial charge in [-0.15, -0.1) is 0 Å². The van der Waals surface area contributed by atoms with E-state index in [1.54, 1.807) is 0 Å². The monoisotopic (exact) mass is 296 g/mol. The Hall–Kier alpha value is -1.10. The van der Waals surface area contributed by atoms with Crippen molar-refractivity contribution < 1.29 is 14.7 Å². The maximum Gasteiger partial charge on any atom is 0.306 e. The molecule has 0 atom stereocenters. The maximum atomic E-state index is 12.2. The molecule has 0 unspecified atom stereocenters. The smallest absolute Gasteiger partial charge is 0.306 e. The van der Waals surface area contributed by atoms with E-state index in [-0.39, 0.29) is 11.8 Å². The number of aliphatic carboxylic acids is 1. The first-order valence-electron chi connectivity index (χ1n) is 8.41. The lowest BCUT2D eigenvalue weighted by atomic mass is 9.96. The number of amides is 1. The molecule has 120 valence electrons. The lowest BCUT2D eigenvalue weighted by Crippen LogP contribution is -2.45. The van der Waals surface area contributed by atoms with Gasteiger partial charge < -0.3 is 15.3 Å². The Bertz CT molecular complexity index is 343. The second-order valence-electron chi connectivity index (χ2n) is 6.42. The number of hydrogen-bond acceptors (Lipinski definition) is 3. The first-order chi connectivity index (χ1) is 10.2. The third-order valence-electron chi connectivity index (χ3n) is 4.84. The van der Waals surface area contributed by atoms with E-state index in [9.17, 15) is 9.59 Å². The standard InChI is InChI=1S/C16H28N2O3/c19-15(18-10-8-13(9-11-18)16(20)21)12-17-14-6-4-2-1-3-5-7-14/h13-14,17H,1-12H2,(H,20,21). The van der Waals surface area contributed by atoms with Gasteiger partial charge in [0.2, 0.25) is 5.91 Å². The van der Waals surface area contributed by atoms with Crippen LogP contribution in [0.3, 0.4) is 0 Å². The van der Waals surface area contributed by atoms with Gasteiger partial charge in [-0.2, -0.15) is 0 Å². The Balaban J connectivity index is 1.68. The predicted octanol–water partition coefficient (Wildman–Crippen LogP) is 2.01. The first kappa shape index (κ1) is 16.3. The van der Waals surface area contributed by atoms with Gasteiger partial charge in [0.1, 0.15) is 0 Å². The van der Waals surface area contributed by atoms with Gasteiger partial charge in [-0.3, -0.25) is 9.59 Å². The summed E-state index contributed by atoms with van der Waals surface area (Å²) in [5.74, 6) is -0.872. The van der Waals surface area contributed by atoms with Gasteiger partial charge in [0.05, 0.1) is 12.5 Å². The molecule has 5 nitrogen and oxygen atoms in total. The summed E-state index contributed by atoms with van der Waals surface area (Å²) in [7, 11) is 0. The van der Waals surface area contributed by atoms with E-state index in [0.29, 0.717) is 38.5 Å². The SMILES string of the molecule is O=C(O)C1CCN(C(=O)CNC2CCCCCCC2)CC1. The Morgan fingerprint density at radius 3 is 2.10 bits per heavy atom. The highest BCUT2D eigenvalue weighted by atomic mass is 16.4. The largest absolute Gasteiger partial charge is 0.481 e. The molecule has 21 heavy (non-hydrogen) atoms. The highest BCUT2D eigenvalue weighted by molar-refractivity contribution is 5.79. The van der Waals surface area contributed by atoms with E-state index in [1.807, 2.05) is 4.90 Å². The van der Waals surface area contributed by atoms with E-state index in [4.69, 9.17) is 5.11 Å². The summed E-state index contributed by atoms with van der Waals surface area (Å²) in [5, 5.41) is 12.4. The normalized spacial score (nSPS) is 22.6. The number of nitrogens with one attached hydrogen (secondary N) is 1. The molecule has 2 fully saturated rings. The van der Waals surface area contributed by atoms with Gasteiger partial charge in [-0.05, 0) is 25.7 Å². The molecule has 0 bridgehead atoms. The van der Waals surface area contributed by atoms with E-state index < -0.39 is 5.97 Å². The number of carboxylic acid groups (broad SMARTS) is 1. The fraction of sp³-hybridized carbons (Fsp3) is 0.875. The van der Waals surface area contributed by atoms with Crippen molar-refractivity contribution >= 4 is 11.9 Å². The Morgan fingerprint density at radius 1 is 0.952 bits per heavy atom. The topological polar surface area (TPSA) is 69.6 Å². The second kappa shape index (κ2) is 8.37. The van der Waals surface area contributed by atoms with Crippen molar-refractivity contribution in [3.05, 3.63) is 0 Å². The molecule has 2 rings (SSSR count). The molecule has 1 amide bonds. The van der Waals surface area contributed by atoms with Gasteiger partial charge in [-0.25, -0.2) is 0 Å². The van der Waals surface area contributed by atoms with Crippen LogP contribution in [0.5, 0.6) is 0 Å². The van der Waals surface area contributed by atoms with Gasteiger partial charge in [0, 0.05) is 19.1 Å². The van der Waals surface area contributed by atoms with Crippen LogP contribution < -0.4 is 5.32 Å². The van der Waals surface area contributed by atoms with E-state index >= 15 is 0 Å². The van der Waals surface area contributed by atoms with Crippen LogP contribution in [0.2, 0.25) is 0 Å². The summed E-state index contributed by atoms with van der Waals surface area (Å²) in [4.78, 5) is 24.9. The van der Waals surface area contributed by atoms with Crippen molar-refractivity contribution in [2.24, 2.45) is 5.92 Å². The molecule has 2 aliphatic rings. The van der Waals surface area contributed by atoms with Crippen molar-refractivity contribution in [2.45, 2.75) is 63.8 Å². The highest BCUT2D eigenvalue weighted by Gasteiger charge is 2.27. The average molecular weight is 296 g/mol. The molecule has 2 N–H and O–H groups in total. The Kier molecular flexibility index (Phi) is 6.49. The molecule has 0 aromatic carbocycles. The van der Waals surface area contributed by atoms with Gasteiger partial charge >= 0.3 is 5.97 Å². The van der Waals surface area contributed by atoms with Crippen LogP contribution in [-0.4, -0.2) is 47.6 Å². The second-order valence-corrected chi connectivity index (χ2v) is 6.42. The lowest BCUT2D eigenvalue weighted by Gasteiger charge is -2.31. The zero-order valence-electron chi connectivity index (χ0n) is 12.9. The summed E-state index contributed by atoms with van der Waals surface area (Å²) in [6.07, 6.45) is 10.0. The van der Waals surface area contributed by atoms with Crippen molar-refractivity contribution in [1.82, 2.24) is 10.2 Å². The van der Waals surface area contributed by atoms with Gasteiger partial charge in [0.25, 0.3) is 0 Å². The molecule has 5 heteroatoms. The Morgan fingerprint density at radius 2 is 1.52 bits per heavy atom. The number of piperidine rings is 1. The molecule has 1 heterocycles. The minimum Gasteiger partial charge on any atom is -0.481 e. The molecule has 1 saturated heterocycles. The van der Waals surface area contributed by atoms with Gasteiger partial charge in [0.15, 0.2) is 0 Å². The van der Waals surface area contributed by atoms with E-state index in [2.05, 4.69) is 5.32 Å². The number of carboxylic acids is 1. The molecule has 0 radical (unpaired) electrons. The highest BCUT2D eigenvalue weighted by Crippen LogP contribution is 2.18. The van der Waals surface area contributed by atoms with Crippen molar-refractivity contribution in [1.29, 1.82) is 0 Å². The van der Waals surface area contributed by atoms with Crippen LogP contribution in [0.4, 0.5) is 0 Å². The zero-order valence-corrected chi connectivity index (χ0v) is 12.9. The molecule has 0 aromatic rings. The number of carbonyl (C=O) groups is 2. The summed E-state index contributed by atoms with van der Waals surface area (Å²) in [6, 6.07) is 0.478. The molecule has 1 aliphatic heterocycles. The fourth-order valence-corrected chi connectivity index (χ4v) is 3.38. The fourth-order valence-electron chi connectivity index (χ4n) is 3.38. The number of nitrogens with zero attached hydrogens (tertiary/aromatic N) is 1. The van der Waals surface area contributed by atoms with Crippen molar-refractivity contribution in [2.75, 3.05) is 19.6 Å². The number of rotatable bonds is 4. The quantitative estimate of drug-likeness (QED) is 0.832. The van der Waals surface area contributed by atoms with Crippen LogP contribution >= 0.6 is 0 Å². The minimum absolute atomic E-state index is 0.126. The van der Waals surface area contributed by atoms with Crippen LogP contribution in [0.15, 0.2) is 0 Å². The summed E-state index contributed by atoms with van der Waals surface area (Å²) in [6.45, 7) is 1.58. The van der Waals surface area contributed by atoms with Crippen LogP contribution in [0.25, 0.3) is 0 Å². The lowest BCUT2D eigenvalue weighted by molar-refractivity contribution is -0.145. The van der Waals surface area contributed by atoms with Crippen LogP contribution in [0, 0.1) is 5.92 Å². The van der Waals surface area contributed by atoms with E-state index in [1.165, 1.54) is 44.9 Å². The molecule has 1 aliphatic carbocycles. The minimum atomic E-state index is -0.727. The zero-order chi connectivity index (χ0) is 15.1. The first-order valence-corrected chi connectivity index (χ1v) is 8.41. The van der Waals surface area contributed by atoms with Crippen molar-refractivity contribution in [3.8, 4) is 0 Å². The average Bonchev–Trinajstić information content (AvgIpc) is 2.46. The molecule has 1 saturated carbocycles. The maximum absolute atomic E-state index is 12.2.